The van der Waals surface area contributed by atoms with E-state index in [2.05, 4.69) is 5.32 Å². The average Bonchev–Trinajstić information content (AvgIpc) is 3.39. The quantitative estimate of drug-likeness (QED) is 0.516. The molecule has 2 atom stereocenters. The van der Waals surface area contributed by atoms with Crippen LogP contribution in [-0.2, 0) is 22.7 Å². The minimum atomic E-state index is -0.736. The highest BCUT2D eigenvalue weighted by atomic mass is 19.1. The number of hydrogen-bond acceptors (Lipinski definition) is 5. The first kappa shape index (κ1) is 25.4. The number of furan rings is 1. The van der Waals surface area contributed by atoms with Gasteiger partial charge in [0.2, 0.25) is 11.8 Å². The molecule has 1 aromatic heterocycles. The fraction of sp³-hybridized carbons (Fsp3) is 0.357. The Morgan fingerprint density at radius 2 is 1.86 bits per heavy atom. The van der Waals surface area contributed by atoms with Crippen LogP contribution in [0.3, 0.4) is 0 Å². The van der Waals surface area contributed by atoms with Crippen molar-refractivity contribution in [3.05, 3.63) is 77.8 Å². The summed E-state index contributed by atoms with van der Waals surface area (Å²) in [6.45, 7) is 6.67. The Bertz CT molecular complexity index is 1170. The number of nitrogens with one attached hydrogen (secondary N) is 1. The minimum absolute atomic E-state index is 0.0983. The highest BCUT2D eigenvalue weighted by Gasteiger charge is 2.40. The van der Waals surface area contributed by atoms with E-state index in [4.69, 9.17) is 4.42 Å². The number of phenols is 1. The molecular formula is C28H32FN3O4. The SMILES string of the molecule is CC(C)C(=O)N1C(C)CN(Cc2c(O)cccc2F)CC1C(=O)NCc1ccc(-c2ccco2)cc1. The van der Waals surface area contributed by atoms with Gasteiger partial charge in [-0.15, -0.1) is 0 Å². The van der Waals surface area contributed by atoms with Crippen molar-refractivity contribution in [1.82, 2.24) is 15.1 Å². The molecule has 2 aromatic carbocycles. The summed E-state index contributed by atoms with van der Waals surface area (Å²) in [6, 6.07) is 14.6. The van der Waals surface area contributed by atoms with Gasteiger partial charge in [-0.1, -0.05) is 44.2 Å². The van der Waals surface area contributed by atoms with Crippen LogP contribution in [0.1, 0.15) is 31.9 Å². The van der Waals surface area contributed by atoms with Crippen LogP contribution in [0.5, 0.6) is 5.75 Å². The Kier molecular flexibility index (Phi) is 7.74. The number of rotatable bonds is 7. The molecule has 2 heterocycles. The van der Waals surface area contributed by atoms with Crippen molar-refractivity contribution in [3.8, 4) is 17.1 Å². The highest BCUT2D eigenvalue weighted by molar-refractivity contribution is 5.89. The monoisotopic (exact) mass is 493 g/mol. The summed E-state index contributed by atoms with van der Waals surface area (Å²) in [5.74, 6) is -0.485. The molecule has 2 amide bonds. The van der Waals surface area contributed by atoms with Crippen LogP contribution >= 0.6 is 0 Å². The number of hydrogen-bond donors (Lipinski definition) is 2. The van der Waals surface area contributed by atoms with Crippen molar-refractivity contribution in [2.45, 2.75) is 45.9 Å². The van der Waals surface area contributed by atoms with E-state index in [1.165, 1.54) is 18.2 Å². The van der Waals surface area contributed by atoms with Gasteiger partial charge in [-0.2, -0.15) is 0 Å². The van der Waals surface area contributed by atoms with Gasteiger partial charge in [-0.05, 0) is 36.8 Å². The molecule has 0 saturated carbocycles. The van der Waals surface area contributed by atoms with E-state index in [1.807, 2.05) is 62.1 Å². The van der Waals surface area contributed by atoms with E-state index in [9.17, 15) is 19.1 Å². The van der Waals surface area contributed by atoms with Gasteiger partial charge >= 0.3 is 0 Å². The average molecular weight is 494 g/mol. The summed E-state index contributed by atoms with van der Waals surface area (Å²) >= 11 is 0. The third-order valence-corrected chi connectivity index (χ3v) is 6.52. The number of amides is 2. The van der Waals surface area contributed by atoms with Gasteiger partial charge in [0.1, 0.15) is 23.4 Å². The number of aromatic hydroxyl groups is 1. The molecule has 3 aromatic rings. The molecule has 1 fully saturated rings. The third kappa shape index (κ3) is 5.60. The molecule has 7 nitrogen and oxygen atoms in total. The predicted octanol–water partition coefficient (Wildman–Crippen LogP) is 4.17. The standard InChI is InChI=1S/C28H32FN3O4/c1-18(2)28(35)32-19(3)15-31(16-22-23(29)6-4-7-25(22)33)17-24(32)27(34)30-14-20-9-11-21(12-10-20)26-8-5-13-36-26/h4-13,18-19,24,33H,14-17H2,1-3H3,(H,30,34). The minimum Gasteiger partial charge on any atom is -0.508 e. The van der Waals surface area contributed by atoms with Crippen molar-refractivity contribution >= 4 is 11.8 Å². The Labute approximate surface area is 210 Å². The Hall–Kier alpha value is -3.65. The molecule has 2 unspecified atom stereocenters. The molecule has 0 spiro atoms. The van der Waals surface area contributed by atoms with Gasteiger partial charge in [-0.3, -0.25) is 14.5 Å². The summed E-state index contributed by atoms with van der Waals surface area (Å²) in [5.41, 5.74) is 2.04. The summed E-state index contributed by atoms with van der Waals surface area (Å²) in [6.07, 6.45) is 1.62. The summed E-state index contributed by atoms with van der Waals surface area (Å²) < 4.78 is 19.8. The van der Waals surface area contributed by atoms with Crippen molar-refractivity contribution in [2.24, 2.45) is 5.92 Å². The lowest BCUT2D eigenvalue weighted by Crippen LogP contribution is -2.64. The molecule has 0 bridgehead atoms. The van der Waals surface area contributed by atoms with Gasteiger partial charge < -0.3 is 19.7 Å². The summed E-state index contributed by atoms with van der Waals surface area (Å²) in [5, 5.41) is 13.1. The van der Waals surface area contributed by atoms with Crippen LogP contribution in [0.2, 0.25) is 0 Å². The molecule has 36 heavy (non-hydrogen) atoms. The molecule has 190 valence electrons. The van der Waals surface area contributed by atoms with Crippen LogP contribution in [0.4, 0.5) is 4.39 Å². The van der Waals surface area contributed by atoms with E-state index in [-0.39, 0.29) is 48.2 Å². The maximum atomic E-state index is 14.4. The molecule has 1 aliphatic rings. The lowest BCUT2D eigenvalue weighted by atomic mass is 10.0. The van der Waals surface area contributed by atoms with Gasteiger partial charge in [0.25, 0.3) is 0 Å². The Balaban J connectivity index is 1.48. The molecule has 1 saturated heterocycles. The third-order valence-electron chi connectivity index (χ3n) is 6.52. The molecular weight excluding hydrogens is 461 g/mol. The predicted molar refractivity (Wildman–Crippen MR) is 134 cm³/mol. The van der Waals surface area contributed by atoms with E-state index in [1.54, 1.807) is 11.2 Å². The van der Waals surface area contributed by atoms with Crippen LogP contribution in [0, 0.1) is 11.7 Å². The zero-order valence-corrected chi connectivity index (χ0v) is 20.8. The van der Waals surface area contributed by atoms with Crippen LogP contribution in [0.25, 0.3) is 11.3 Å². The smallest absolute Gasteiger partial charge is 0.244 e. The van der Waals surface area contributed by atoms with E-state index < -0.39 is 11.9 Å². The first-order chi connectivity index (χ1) is 17.2. The Morgan fingerprint density at radius 3 is 2.50 bits per heavy atom. The summed E-state index contributed by atoms with van der Waals surface area (Å²) in [4.78, 5) is 30.0. The number of phenolic OH excluding ortho intramolecular Hbond substituents is 1. The lowest BCUT2D eigenvalue weighted by Gasteiger charge is -2.45. The number of piperazine rings is 1. The second kappa shape index (κ2) is 11.0. The first-order valence-corrected chi connectivity index (χ1v) is 12.2. The van der Waals surface area contributed by atoms with Crippen molar-refractivity contribution < 1.29 is 23.5 Å². The topological polar surface area (TPSA) is 86.0 Å². The van der Waals surface area contributed by atoms with Crippen molar-refractivity contribution in [3.63, 3.8) is 0 Å². The largest absolute Gasteiger partial charge is 0.508 e. The number of benzene rings is 2. The van der Waals surface area contributed by atoms with Crippen molar-refractivity contribution in [2.75, 3.05) is 13.1 Å². The van der Waals surface area contributed by atoms with Gasteiger partial charge in [0.05, 0.1) is 6.26 Å². The van der Waals surface area contributed by atoms with E-state index >= 15 is 0 Å². The number of halogens is 1. The normalized spacial score (nSPS) is 18.4. The second-order valence-electron chi connectivity index (χ2n) is 9.59. The molecule has 1 aliphatic heterocycles. The Morgan fingerprint density at radius 1 is 1.11 bits per heavy atom. The van der Waals surface area contributed by atoms with Crippen LogP contribution < -0.4 is 5.32 Å². The molecule has 0 aliphatic carbocycles. The van der Waals surface area contributed by atoms with Gasteiger partial charge in [0.15, 0.2) is 0 Å². The molecule has 0 radical (unpaired) electrons. The number of carbonyl (C=O) groups is 2. The van der Waals surface area contributed by atoms with Gasteiger partial charge in [-0.25, -0.2) is 4.39 Å². The fourth-order valence-corrected chi connectivity index (χ4v) is 4.65. The number of nitrogens with zero attached hydrogens (tertiary/aromatic N) is 2. The first-order valence-electron chi connectivity index (χ1n) is 12.2. The number of carbonyl (C=O) groups excluding carboxylic acids is 2. The maximum absolute atomic E-state index is 14.4. The van der Waals surface area contributed by atoms with Gasteiger partial charge in [0, 0.05) is 49.3 Å². The molecule has 4 rings (SSSR count). The van der Waals surface area contributed by atoms with Crippen LogP contribution in [0.15, 0.2) is 65.3 Å². The molecule has 8 heteroatoms. The fourth-order valence-electron chi connectivity index (χ4n) is 4.65. The highest BCUT2D eigenvalue weighted by Crippen LogP contribution is 2.26. The maximum Gasteiger partial charge on any atom is 0.244 e. The van der Waals surface area contributed by atoms with E-state index in [0.29, 0.717) is 13.1 Å². The molecule has 2 N–H and O–H groups in total. The van der Waals surface area contributed by atoms with Crippen molar-refractivity contribution in [1.29, 1.82) is 0 Å². The second-order valence-corrected chi connectivity index (χ2v) is 9.59. The zero-order valence-electron chi connectivity index (χ0n) is 20.8. The summed E-state index contributed by atoms with van der Waals surface area (Å²) in [7, 11) is 0. The zero-order chi connectivity index (χ0) is 25.8. The van der Waals surface area contributed by atoms with E-state index in [0.717, 1.165) is 16.9 Å². The lowest BCUT2D eigenvalue weighted by molar-refractivity contribution is -0.150. The van der Waals surface area contributed by atoms with Crippen LogP contribution in [-0.4, -0.2) is 51.9 Å².